The predicted octanol–water partition coefficient (Wildman–Crippen LogP) is 1.09. The number of aryl methyl sites for hydroxylation is 1. The number of halogens is 3. The highest BCUT2D eigenvalue weighted by Crippen LogP contribution is 2.21. The lowest BCUT2D eigenvalue weighted by Crippen LogP contribution is -2.34. The quantitative estimate of drug-likeness (QED) is 0.367. The molecule has 0 aliphatic carbocycles. The zero-order chi connectivity index (χ0) is 24.8. The van der Waals surface area contributed by atoms with E-state index in [0.717, 1.165) is 12.1 Å². The molecular formula is C21H20BrF2N5O5. The van der Waals surface area contributed by atoms with Gasteiger partial charge in [0.05, 0.1) is 37.3 Å². The van der Waals surface area contributed by atoms with Crippen LogP contribution in [0.4, 0.5) is 8.78 Å². The van der Waals surface area contributed by atoms with Gasteiger partial charge in [-0.25, -0.2) is 13.8 Å². The molecule has 10 nitrogen and oxygen atoms in total. The Morgan fingerprint density at radius 2 is 2.06 bits per heavy atom. The van der Waals surface area contributed by atoms with Crippen LogP contribution >= 0.6 is 15.9 Å². The first-order chi connectivity index (χ1) is 16.2. The van der Waals surface area contributed by atoms with Crippen molar-refractivity contribution in [1.29, 1.82) is 0 Å². The number of carbonyl (C=O) groups is 1. The second-order valence-corrected chi connectivity index (χ2v) is 7.93. The average molecular weight is 540 g/mol. The topological polar surface area (TPSA) is 139 Å². The van der Waals surface area contributed by atoms with E-state index in [1.165, 1.54) is 23.0 Å². The normalized spacial score (nSPS) is 11.8. The van der Waals surface area contributed by atoms with Crippen LogP contribution in [0.3, 0.4) is 0 Å². The zero-order valence-corrected chi connectivity index (χ0v) is 19.4. The van der Waals surface area contributed by atoms with Gasteiger partial charge in [0.1, 0.15) is 34.2 Å². The Bertz CT molecular complexity index is 1240. The van der Waals surface area contributed by atoms with Crippen molar-refractivity contribution in [2.24, 2.45) is 0 Å². The van der Waals surface area contributed by atoms with Gasteiger partial charge in [-0.15, -0.1) is 0 Å². The molecule has 1 aromatic carbocycles. The lowest BCUT2D eigenvalue weighted by atomic mass is 10.2. The lowest BCUT2D eigenvalue weighted by molar-refractivity contribution is 0.0798. The highest BCUT2D eigenvalue weighted by Gasteiger charge is 2.16. The molecule has 0 aliphatic rings. The van der Waals surface area contributed by atoms with Gasteiger partial charge >= 0.3 is 0 Å². The van der Waals surface area contributed by atoms with Crippen LogP contribution in [0.15, 0.2) is 39.9 Å². The minimum absolute atomic E-state index is 0.00125. The first-order valence-corrected chi connectivity index (χ1v) is 10.7. The van der Waals surface area contributed by atoms with Gasteiger partial charge in [-0.2, -0.15) is 4.98 Å². The predicted molar refractivity (Wildman–Crippen MR) is 118 cm³/mol. The van der Waals surface area contributed by atoms with E-state index in [1.54, 1.807) is 6.92 Å². The second-order valence-electron chi connectivity index (χ2n) is 7.13. The van der Waals surface area contributed by atoms with E-state index in [2.05, 4.69) is 36.2 Å². The summed E-state index contributed by atoms with van der Waals surface area (Å²) in [6.45, 7) is 0.678. The number of nitrogens with zero attached hydrogens (tertiary/aromatic N) is 4. The molecule has 1 atom stereocenters. The van der Waals surface area contributed by atoms with Crippen molar-refractivity contribution in [1.82, 2.24) is 24.8 Å². The third kappa shape index (κ3) is 6.18. The SMILES string of the molecule is Cc1nc(OCc2ccc(F)cc2F)c(Br)c(=O)n1Cc1cnc(C(=O)NCC(O)CO)cn1. The molecule has 3 aromatic rings. The van der Waals surface area contributed by atoms with Gasteiger partial charge in [0.2, 0.25) is 5.88 Å². The number of aliphatic hydroxyl groups excluding tert-OH is 2. The third-order valence-electron chi connectivity index (χ3n) is 4.62. The maximum Gasteiger partial charge on any atom is 0.272 e. The van der Waals surface area contributed by atoms with Gasteiger partial charge in [0, 0.05) is 18.2 Å². The van der Waals surface area contributed by atoms with E-state index in [9.17, 15) is 23.5 Å². The van der Waals surface area contributed by atoms with Crippen LogP contribution in [0, 0.1) is 18.6 Å². The molecule has 0 saturated heterocycles. The molecule has 1 amide bonds. The maximum absolute atomic E-state index is 13.8. The molecule has 180 valence electrons. The second kappa shape index (κ2) is 11.2. The number of carbonyl (C=O) groups excluding carboxylic acids is 1. The average Bonchev–Trinajstić information content (AvgIpc) is 2.82. The van der Waals surface area contributed by atoms with Crippen LogP contribution in [-0.4, -0.2) is 54.9 Å². The lowest BCUT2D eigenvalue weighted by Gasteiger charge is -2.13. The molecule has 13 heteroatoms. The third-order valence-corrected chi connectivity index (χ3v) is 5.30. The molecule has 0 saturated carbocycles. The number of amides is 1. The number of hydrogen-bond acceptors (Lipinski definition) is 8. The summed E-state index contributed by atoms with van der Waals surface area (Å²) in [6.07, 6.45) is 1.45. The van der Waals surface area contributed by atoms with E-state index >= 15 is 0 Å². The maximum atomic E-state index is 13.8. The molecule has 2 heterocycles. The molecule has 0 spiro atoms. The Kier molecular flexibility index (Phi) is 8.36. The molecule has 2 aromatic heterocycles. The van der Waals surface area contributed by atoms with E-state index in [1.807, 2.05) is 0 Å². The number of ether oxygens (including phenoxy) is 1. The largest absolute Gasteiger partial charge is 0.472 e. The van der Waals surface area contributed by atoms with Crippen molar-refractivity contribution in [3.8, 4) is 5.88 Å². The summed E-state index contributed by atoms with van der Waals surface area (Å²) in [5, 5.41) is 20.5. The van der Waals surface area contributed by atoms with Crippen molar-refractivity contribution in [2.45, 2.75) is 26.2 Å². The first kappa shape index (κ1) is 25.3. The number of aliphatic hydroxyl groups is 2. The first-order valence-electron chi connectivity index (χ1n) is 9.91. The summed E-state index contributed by atoms with van der Waals surface area (Å²) in [7, 11) is 0. The van der Waals surface area contributed by atoms with E-state index in [-0.39, 0.29) is 47.1 Å². The molecule has 0 radical (unpaired) electrons. The molecule has 1 unspecified atom stereocenters. The minimum Gasteiger partial charge on any atom is -0.472 e. The van der Waals surface area contributed by atoms with Gasteiger partial charge in [0.15, 0.2) is 0 Å². The number of benzene rings is 1. The molecule has 0 aliphatic heterocycles. The number of nitrogens with one attached hydrogen (secondary N) is 1. The molecule has 34 heavy (non-hydrogen) atoms. The van der Waals surface area contributed by atoms with Gasteiger partial charge < -0.3 is 20.3 Å². The summed E-state index contributed by atoms with van der Waals surface area (Å²) in [4.78, 5) is 37.2. The minimum atomic E-state index is -1.08. The summed E-state index contributed by atoms with van der Waals surface area (Å²) in [6, 6.07) is 3.07. The van der Waals surface area contributed by atoms with E-state index in [0.29, 0.717) is 5.69 Å². The highest BCUT2D eigenvalue weighted by atomic mass is 79.9. The van der Waals surface area contributed by atoms with Crippen molar-refractivity contribution in [2.75, 3.05) is 13.2 Å². The van der Waals surface area contributed by atoms with Crippen molar-refractivity contribution >= 4 is 21.8 Å². The molecule has 3 N–H and O–H groups in total. The van der Waals surface area contributed by atoms with E-state index < -0.39 is 35.8 Å². The van der Waals surface area contributed by atoms with Gasteiger partial charge in [-0.05, 0) is 35.0 Å². The molecule has 3 rings (SSSR count). The summed E-state index contributed by atoms with van der Waals surface area (Å²) >= 11 is 3.15. The highest BCUT2D eigenvalue weighted by molar-refractivity contribution is 9.10. The van der Waals surface area contributed by atoms with Crippen LogP contribution in [0.5, 0.6) is 5.88 Å². The Labute approximate surface area is 200 Å². The van der Waals surface area contributed by atoms with Crippen molar-refractivity contribution < 1.29 is 28.5 Å². The Balaban J connectivity index is 1.71. The van der Waals surface area contributed by atoms with Crippen molar-refractivity contribution in [3.63, 3.8) is 0 Å². The monoisotopic (exact) mass is 539 g/mol. The fraction of sp³-hybridized carbons (Fsp3) is 0.286. The van der Waals surface area contributed by atoms with Crippen molar-refractivity contribution in [3.05, 3.63) is 79.8 Å². The molecular weight excluding hydrogens is 520 g/mol. The smallest absolute Gasteiger partial charge is 0.272 e. The van der Waals surface area contributed by atoms with Crippen LogP contribution < -0.4 is 15.6 Å². The Morgan fingerprint density at radius 3 is 2.71 bits per heavy atom. The van der Waals surface area contributed by atoms with Gasteiger partial charge in [0.25, 0.3) is 11.5 Å². The van der Waals surface area contributed by atoms with Gasteiger partial charge in [-0.3, -0.25) is 19.1 Å². The Hall–Kier alpha value is -3.29. The number of rotatable bonds is 9. The summed E-state index contributed by atoms with van der Waals surface area (Å²) < 4.78 is 33.6. The van der Waals surface area contributed by atoms with Gasteiger partial charge in [-0.1, -0.05) is 0 Å². The number of aromatic nitrogens is 4. The fourth-order valence-corrected chi connectivity index (χ4v) is 3.18. The zero-order valence-electron chi connectivity index (χ0n) is 17.8. The fourth-order valence-electron chi connectivity index (χ4n) is 2.76. The van der Waals surface area contributed by atoms with Crippen LogP contribution in [-0.2, 0) is 13.2 Å². The Morgan fingerprint density at radius 1 is 1.29 bits per heavy atom. The van der Waals surface area contributed by atoms with Crippen LogP contribution in [0.2, 0.25) is 0 Å². The van der Waals surface area contributed by atoms with Crippen LogP contribution in [0.1, 0.15) is 27.6 Å². The summed E-state index contributed by atoms with van der Waals surface area (Å²) in [5.74, 6) is -1.84. The van der Waals surface area contributed by atoms with E-state index in [4.69, 9.17) is 9.84 Å². The summed E-state index contributed by atoms with van der Waals surface area (Å²) in [5.41, 5.74) is -0.0205. The van der Waals surface area contributed by atoms with Crippen LogP contribution in [0.25, 0.3) is 0 Å². The standard InChI is InChI=1S/C21H20BrF2N5O5/c1-11-28-20(34-10-12-2-3-13(23)4-16(12)24)18(22)21(33)29(11)8-14-5-26-17(7-25-14)19(32)27-6-15(31)9-30/h2-5,7,15,30-31H,6,8-10H2,1H3,(H,27,32). The molecule has 0 fully saturated rings. The molecule has 0 bridgehead atoms. The number of hydrogen-bond donors (Lipinski definition) is 3.